The highest BCUT2D eigenvalue weighted by Crippen LogP contribution is 2.34. The Morgan fingerprint density at radius 2 is 2.05 bits per heavy atom. The second-order valence-corrected chi connectivity index (χ2v) is 6.05. The summed E-state index contributed by atoms with van der Waals surface area (Å²) in [5, 5.41) is 8.67. The van der Waals surface area contributed by atoms with Gasteiger partial charge in [-0.25, -0.2) is 8.42 Å². The molecule has 8 nitrogen and oxygen atoms in total. The lowest BCUT2D eigenvalue weighted by Gasteiger charge is -2.33. The Labute approximate surface area is 114 Å². The molecular weight excluding hydrogens is 288 g/mol. The first-order valence-electron chi connectivity index (χ1n) is 5.58. The molecule has 2 rings (SSSR count). The molecule has 1 atom stereocenters. The number of anilines is 1. The van der Waals surface area contributed by atoms with Crippen LogP contribution in [0.1, 0.15) is 0 Å². The summed E-state index contributed by atoms with van der Waals surface area (Å²) in [5.41, 5.74) is 5.32. The summed E-state index contributed by atoms with van der Waals surface area (Å²) < 4.78 is 30.3. The highest BCUT2D eigenvalue weighted by molar-refractivity contribution is 7.93. The molecule has 1 unspecified atom stereocenters. The van der Waals surface area contributed by atoms with Gasteiger partial charge in [-0.3, -0.25) is 13.9 Å². The zero-order valence-corrected chi connectivity index (χ0v) is 11.0. The van der Waals surface area contributed by atoms with Crippen LogP contribution in [0.2, 0.25) is 0 Å². The van der Waals surface area contributed by atoms with Gasteiger partial charge >= 0.3 is 5.97 Å². The van der Waals surface area contributed by atoms with Gasteiger partial charge in [-0.2, -0.15) is 0 Å². The molecule has 108 valence electrons. The average Bonchev–Trinajstić information content (AvgIpc) is 2.35. The zero-order chi connectivity index (χ0) is 14.9. The topological polar surface area (TPSA) is 127 Å². The van der Waals surface area contributed by atoms with Crippen molar-refractivity contribution in [1.82, 2.24) is 0 Å². The number of primary amides is 1. The van der Waals surface area contributed by atoms with Crippen LogP contribution in [0.25, 0.3) is 0 Å². The van der Waals surface area contributed by atoms with Gasteiger partial charge in [0.05, 0.1) is 12.2 Å². The van der Waals surface area contributed by atoms with E-state index in [9.17, 15) is 18.0 Å². The molecular formula is C11H12N2O6S. The van der Waals surface area contributed by atoms with Crippen molar-refractivity contribution in [3.05, 3.63) is 24.3 Å². The maximum Gasteiger partial charge on any atom is 0.320 e. The lowest BCUT2D eigenvalue weighted by atomic mass is 10.2. The van der Waals surface area contributed by atoms with E-state index in [2.05, 4.69) is 0 Å². The lowest BCUT2D eigenvalue weighted by Crippen LogP contribution is -2.50. The van der Waals surface area contributed by atoms with Crippen molar-refractivity contribution in [2.75, 3.05) is 16.6 Å². The Balaban J connectivity index is 2.46. The molecule has 20 heavy (non-hydrogen) atoms. The van der Waals surface area contributed by atoms with Gasteiger partial charge in [-0.1, -0.05) is 12.1 Å². The number of nitrogens with two attached hydrogens (primary N) is 1. The van der Waals surface area contributed by atoms with Crippen molar-refractivity contribution >= 4 is 27.6 Å². The van der Waals surface area contributed by atoms with Crippen LogP contribution in [-0.2, 0) is 19.6 Å². The first-order valence-corrected chi connectivity index (χ1v) is 7.19. The second-order valence-electron chi connectivity index (χ2n) is 4.16. The van der Waals surface area contributed by atoms with Crippen molar-refractivity contribution < 1.29 is 27.9 Å². The SMILES string of the molecule is NC(=O)C1CN(S(=O)(=O)CC(=O)O)c2ccccc2O1. The van der Waals surface area contributed by atoms with E-state index in [1.165, 1.54) is 12.1 Å². The highest BCUT2D eigenvalue weighted by atomic mass is 32.2. The predicted molar refractivity (Wildman–Crippen MR) is 68.8 cm³/mol. The fraction of sp³-hybridized carbons (Fsp3) is 0.273. The molecule has 0 aliphatic carbocycles. The molecule has 0 saturated carbocycles. The quantitative estimate of drug-likeness (QED) is 0.746. The zero-order valence-electron chi connectivity index (χ0n) is 10.2. The van der Waals surface area contributed by atoms with Crippen LogP contribution in [0.4, 0.5) is 5.69 Å². The standard InChI is InChI=1S/C11H12N2O6S/c12-11(16)9-5-13(20(17,18)6-10(14)15)7-3-1-2-4-8(7)19-9/h1-4,9H,5-6H2,(H2,12,16)(H,14,15). The largest absolute Gasteiger partial charge is 0.480 e. The van der Waals surface area contributed by atoms with E-state index in [1.807, 2.05) is 0 Å². The van der Waals surface area contributed by atoms with E-state index in [1.54, 1.807) is 12.1 Å². The third-order valence-electron chi connectivity index (χ3n) is 2.69. The van der Waals surface area contributed by atoms with Crippen molar-refractivity contribution in [3.8, 4) is 5.75 Å². The number of amides is 1. The molecule has 0 bridgehead atoms. The number of carbonyl (C=O) groups excluding carboxylic acids is 1. The summed E-state index contributed by atoms with van der Waals surface area (Å²) in [5.74, 6) is -3.22. The number of sulfonamides is 1. The Hall–Kier alpha value is -2.29. The minimum Gasteiger partial charge on any atom is -0.480 e. The molecule has 1 aliphatic rings. The molecule has 0 radical (unpaired) electrons. The van der Waals surface area contributed by atoms with Crippen molar-refractivity contribution in [2.24, 2.45) is 5.73 Å². The summed E-state index contributed by atoms with van der Waals surface area (Å²) in [6.07, 6.45) is -1.16. The van der Waals surface area contributed by atoms with Crippen LogP contribution in [0.15, 0.2) is 24.3 Å². The van der Waals surface area contributed by atoms with E-state index in [-0.39, 0.29) is 18.0 Å². The number of hydrogen-bond donors (Lipinski definition) is 2. The molecule has 3 N–H and O–H groups in total. The number of fused-ring (bicyclic) bond motifs is 1. The number of benzene rings is 1. The smallest absolute Gasteiger partial charge is 0.320 e. The van der Waals surface area contributed by atoms with E-state index < -0.39 is 33.8 Å². The van der Waals surface area contributed by atoms with E-state index in [0.717, 1.165) is 4.31 Å². The third kappa shape index (κ3) is 2.67. The maximum absolute atomic E-state index is 12.1. The Morgan fingerprint density at radius 1 is 1.40 bits per heavy atom. The second kappa shape index (κ2) is 5.00. The predicted octanol–water partition coefficient (Wildman–Crippen LogP) is -0.846. The van der Waals surface area contributed by atoms with Crippen LogP contribution < -0.4 is 14.8 Å². The van der Waals surface area contributed by atoms with Crippen LogP contribution in [0.5, 0.6) is 5.75 Å². The van der Waals surface area contributed by atoms with E-state index in [4.69, 9.17) is 15.6 Å². The van der Waals surface area contributed by atoms with Gasteiger partial charge in [0.25, 0.3) is 5.91 Å². The maximum atomic E-state index is 12.1. The Morgan fingerprint density at radius 3 is 2.65 bits per heavy atom. The fourth-order valence-corrected chi connectivity index (χ4v) is 3.13. The fourth-order valence-electron chi connectivity index (χ4n) is 1.85. The molecule has 1 aromatic carbocycles. The normalized spacial score (nSPS) is 18.0. The molecule has 0 aromatic heterocycles. The number of para-hydroxylation sites is 2. The first kappa shape index (κ1) is 14.1. The molecule has 0 fully saturated rings. The van der Waals surface area contributed by atoms with Gasteiger partial charge in [0.15, 0.2) is 11.9 Å². The number of carboxylic acids is 1. The summed E-state index contributed by atoms with van der Waals surface area (Å²) in [6.45, 7) is -0.345. The Kier molecular flexibility index (Phi) is 3.53. The average molecular weight is 300 g/mol. The third-order valence-corrected chi connectivity index (χ3v) is 4.32. The number of rotatable bonds is 4. The number of ether oxygens (including phenoxy) is 1. The van der Waals surface area contributed by atoms with Crippen molar-refractivity contribution in [1.29, 1.82) is 0 Å². The summed E-state index contributed by atoms with van der Waals surface area (Å²) in [4.78, 5) is 21.9. The molecule has 9 heteroatoms. The molecule has 1 aromatic rings. The number of carboxylic acid groups (broad SMARTS) is 1. The van der Waals surface area contributed by atoms with Crippen LogP contribution >= 0.6 is 0 Å². The Bertz CT molecular complexity index is 657. The minimum absolute atomic E-state index is 0.163. The first-order chi connectivity index (χ1) is 9.31. The van der Waals surface area contributed by atoms with Crippen molar-refractivity contribution in [3.63, 3.8) is 0 Å². The molecule has 1 aliphatic heterocycles. The summed E-state index contributed by atoms with van der Waals surface area (Å²) in [6, 6.07) is 6.12. The monoisotopic (exact) mass is 300 g/mol. The van der Waals surface area contributed by atoms with Gasteiger partial charge < -0.3 is 15.6 Å². The molecule has 0 saturated heterocycles. The highest BCUT2D eigenvalue weighted by Gasteiger charge is 2.36. The lowest BCUT2D eigenvalue weighted by molar-refractivity contribution is -0.134. The number of nitrogens with zero attached hydrogens (tertiary/aromatic N) is 1. The van der Waals surface area contributed by atoms with Crippen LogP contribution in [0.3, 0.4) is 0 Å². The van der Waals surface area contributed by atoms with Gasteiger partial charge in [-0.05, 0) is 12.1 Å². The van der Waals surface area contributed by atoms with Crippen LogP contribution in [0, 0.1) is 0 Å². The molecule has 0 spiro atoms. The van der Waals surface area contributed by atoms with Gasteiger partial charge in [0.2, 0.25) is 10.0 Å². The number of hydrogen-bond acceptors (Lipinski definition) is 5. The van der Waals surface area contributed by atoms with E-state index in [0.29, 0.717) is 0 Å². The van der Waals surface area contributed by atoms with E-state index >= 15 is 0 Å². The van der Waals surface area contributed by atoms with Gasteiger partial charge in [0, 0.05) is 0 Å². The summed E-state index contributed by atoms with van der Waals surface area (Å²) >= 11 is 0. The minimum atomic E-state index is -4.12. The van der Waals surface area contributed by atoms with Gasteiger partial charge in [0.1, 0.15) is 5.75 Å². The number of aliphatic carboxylic acids is 1. The van der Waals surface area contributed by atoms with Crippen molar-refractivity contribution in [2.45, 2.75) is 6.10 Å². The molecule has 1 heterocycles. The number of carbonyl (C=O) groups is 2. The molecule has 1 amide bonds. The summed E-state index contributed by atoms with van der Waals surface area (Å²) in [7, 11) is -4.12. The van der Waals surface area contributed by atoms with Crippen LogP contribution in [-0.4, -0.2) is 43.8 Å². The van der Waals surface area contributed by atoms with Gasteiger partial charge in [-0.15, -0.1) is 0 Å².